The van der Waals surface area contributed by atoms with Gasteiger partial charge in [0.15, 0.2) is 0 Å². The molecule has 0 fully saturated rings. The van der Waals surface area contributed by atoms with Crippen LogP contribution in [0.3, 0.4) is 0 Å². The lowest BCUT2D eigenvalue weighted by atomic mass is 10.0. The van der Waals surface area contributed by atoms with E-state index in [0.29, 0.717) is 5.56 Å². The zero-order valence-corrected chi connectivity index (χ0v) is 11.1. The van der Waals surface area contributed by atoms with Crippen LogP contribution in [0.5, 0.6) is 5.75 Å². The number of phenolic OH excluding ortho intramolecular Hbond substituents is 1. The van der Waals surface area contributed by atoms with Crippen molar-refractivity contribution in [1.82, 2.24) is 0 Å². The second-order valence-electron chi connectivity index (χ2n) is 4.73. The molecule has 3 aromatic rings. The van der Waals surface area contributed by atoms with Gasteiger partial charge in [-0.05, 0) is 29.0 Å². The molecule has 2 nitrogen and oxygen atoms in total. The molecule has 0 aliphatic carbocycles. The van der Waals surface area contributed by atoms with Crippen molar-refractivity contribution in [2.45, 2.75) is 6.54 Å². The molecule has 0 amide bonds. The molecule has 0 aliphatic rings. The highest BCUT2D eigenvalue weighted by molar-refractivity contribution is 5.87. The van der Waals surface area contributed by atoms with E-state index in [1.54, 1.807) is 12.1 Å². The number of fused-ring (bicyclic) bond motifs is 1. The quantitative estimate of drug-likeness (QED) is 0.746. The fourth-order valence-electron chi connectivity index (χ4n) is 2.35. The van der Waals surface area contributed by atoms with Gasteiger partial charge < -0.3 is 10.4 Å². The summed E-state index contributed by atoms with van der Waals surface area (Å²) in [4.78, 5) is 0. The standard InChI is InChI=1S/C17H13F2NO/c18-14-6-3-7-15(19)17(14)20-10-13-12-5-2-1-4-11(12)8-9-16(13)21/h1-9,20-21H,10H2. The molecule has 0 radical (unpaired) electrons. The van der Waals surface area contributed by atoms with Gasteiger partial charge in [0, 0.05) is 12.1 Å². The molecule has 4 heteroatoms. The summed E-state index contributed by atoms with van der Waals surface area (Å²) in [6.07, 6.45) is 0. The highest BCUT2D eigenvalue weighted by atomic mass is 19.1. The molecule has 0 bridgehead atoms. The van der Waals surface area contributed by atoms with Crippen LogP contribution >= 0.6 is 0 Å². The molecule has 2 N–H and O–H groups in total. The van der Waals surface area contributed by atoms with Gasteiger partial charge in [0.05, 0.1) is 0 Å². The van der Waals surface area contributed by atoms with Crippen molar-refractivity contribution in [3.05, 3.63) is 71.8 Å². The molecule has 0 unspecified atom stereocenters. The molecule has 3 aromatic carbocycles. The Morgan fingerprint density at radius 1 is 0.857 bits per heavy atom. The second-order valence-corrected chi connectivity index (χ2v) is 4.73. The molecule has 0 atom stereocenters. The van der Waals surface area contributed by atoms with Gasteiger partial charge in [-0.2, -0.15) is 0 Å². The van der Waals surface area contributed by atoms with Gasteiger partial charge >= 0.3 is 0 Å². The lowest BCUT2D eigenvalue weighted by molar-refractivity contribution is 0.470. The number of benzene rings is 3. The Bertz CT molecular complexity index is 782. The average molecular weight is 285 g/mol. The molecule has 0 aromatic heterocycles. The van der Waals surface area contributed by atoms with E-state index in [1.807, 2.05) is 24.3 Å². The van der Waals surface area contributed by atoms with E-state index in [1.165, 1.54) is 18.2 Å². The maximum absolute atomic E-state index is 13.6. The van der Waals surface area contributed by atoms with Crippen molar-refractivity contribution < 1.29 is 13.9 Å². The molecule has 0 saturated carbocycles. The van der Waals surface area contributed by atoms with Crippen LogP contribution in [0.1, 0.15) is 5.56 Å². The number of para-hydroxylation sites is 1. The third-order valence-electron chi connectivity index (χ3n) is 3.42. The van der Waals surface area contributed by atoms with Crippen LogP contribution in [-0.4, -0.2) is 5.11 Å². The lowest BCUT2D eigenvalue weighted by Crippen LogP contribution is -2.04. The smallest absolute Gasteiger partial charge is 0.149 e. The Balaban J connectivity index is 1.97. The number of halogens is 2. The SMILES string of the molecule is Oc1ccc2ccccc2c1CNc1c(F)cccc1F. The minimum atomic E-state index is -0.658. The summed E-state index contributed by atoms with van der Waals surface area (Å²) in [7, 11) is 0. The van der Waals surface area contributed by atoms with E-state index in [9.17, 15) is 13.9 Å². The minimum absolute atomic E-state index is 0.0953. The monoisotopic (exact) mass is 285 g/mol. The number of hydrogen-bond donors (Lipinski definition) is 2. The normalized spacial score (nSPS) is 10.8. The summed E-state index contributed by atoms with van der Waals surface area (Å²) >= 11 is 0. The molecule has 0 saturated heterocycles. The first kappa shape index (κ1) is 13.4. The molecular weight excluding hydrogens is 272 g/mol. The van der Waals surface area contributed by atoms with Crippen LogP contribution < -0.4 is 5.32 Å². The Kier molecular flexibility index (Phi) is 3.44. The summed E-state index contributed by atoms with van der Waals surface area (Å²) in [5.41, 5.74) is 0.417. The fraction of sp³-hybridized carbons (Fsp3) is 0.0588. The Labute approximate surface area is 120 Å². The van der Waals surface area contributed by atoms with Crippen molar-refractivity contribution >= 4 is 16.5 Å². The van der Waals surface area contributed by atoms with Gasteiger partial charge in [-0.3, -0.25) is 0 Å². The second kappa shape index (κ2) is 5.40. The van der Waals surface area contributed by atoms with Crippen LogP contribution in [0.25, 0.3) is 10.8 Å². The number of aromatic hydroxyl groups is 1. The third-order valence-corrected chi connectivity index (χ3v) is 3.42. The van der Waals surface area contributed by atoms with Crippen molar-refractivity contribution in [2.24, 2.45) is 0 Å². The highest BCUT2D eigenvalue weighted by Crippen LogP contribution is 2.28. The number of nitrogens with one attached hydrogen (secondary N) is 1. The van der Waals surface area contributed by atoms with Crippen LogP contribution in [-0.2, 0) is 6.54 Å². The van der Waals surface area contributed by atoms with Gasteiger partial charge in [0.2, 0.25) is 0 Å². The number of hydrogen-bond acceptors (Lipinski definition) is 2. The lowest BCUT2D eigenvalue weighted by Gasteiger charge is -2.12. The fourth-order valence-corrected chi connectivity index (χ4v) is 2.35. The van der Waals surface area contributed by atoms with Crippen LogP contribution in [0.4, 0.5) is 14.5 Å². The van der Waals surface area contributed by atoms with E-state index in [-0.39, 0.29) is 18.0 Å². The van der Waals surface area contributed by atoms with Gasteiger partial charge in [0.1, 0.15) is 23.1 Å². The maximum Gasteiger partial charge on any atom is 0.149 e. The molecular formula is C17H13F2NO. The van der Waals surface area contributed by atoms with Crippen LogP contribution in [0.2, 0.25) is 0 Å². The largest absolute Gasteiger partial charge is 0.508 e. The zero-order chi connectivity index (χ0) is 14.8. The summed E-state index contributed by atoms with van der Waals surface area (Å²) in [6.45, 7) is 0.130. The molecule has 0 heterocycles. The average Bonchev–Trinajstić information content (AvgIpc) is 2.48. The van der Waals surface area contributed by atoms with E-state index in [4.69, 9.17) is 0 Å². The first-order chi connectivity index (χ1) is 10.2. The predicted octanol–water partition coefficient (Wildman–Crippen LogP) is 4.44. The van der Waals surface area contributed by atoms with E-state index in [2.05, 4.69) is 5.32 Å². The van der Waals surface area contributed by atoms with E-state index >= 15 is 0 Å². The molecule has 0 aliphatic heterocycles. The molecule has 21 heavy (non-hydrogen) atoms. The zero-order valence-electron chi connectivity index (χ0n) is 11.1. The van der Waals surface area contributed by atoms with Gasteiger partial charge in [-0.15, -0.1) is 0 Å². The highest BCUT2D eigenvalue weighted by Gasteiger charge is 2.11. The number of rotatable bonds is 3. The minimum Gasteiger partial charge on any atom is -0.508 e. The van der Waals surface area contributed by atoms with Gasteiger partial charge in [-0.1, -0.05) is 36.4 Å². The van der Waals surface area contributed by atoms with Crippen molar-refractivity contribution in [3.8, 4) is 5.75 Å². The summed E-state index contributed by atoms with van der Waals surface area (Å²) in [5.74, 6) is -1.22. The van der Waals surface area contributed by atoms with Crippen LogP contribution in [0.15, 0.2) is 54.6 Å². The first-order valence-electron chi connectivity index (χ1n) is 6.54. The van der Waals surface area contributed by atoms with E-state index < -0.39 is 11.6 Å². The van der Waals surface area contributed by atoms with E-state index in [0.717, 1.165) is 10.8 Å². The Morgan fingerprint density at radius 2 is 1.57 bits per heavy atom. The first-order valence-corrected chi connectivity index (χ1v) is 6.54. The molecule has 3 rings (SSSR count). The predicted molar refractivity (Wildman–Crippen MR) is 79.3 cm³/mol. The summed E-state index contributed by atoms with van der Waals surface area (Å²) in [6, 6.07) is 14.6. The Morgan fingerprint density at radius 3 is 2.33 bits per heavy atom. The van der Waals surface area contributed by atoms with Gasteiger partial charge in [0.25, 0.3) is 0 Å². The van der Waals surface area contributed by atoms with Crippen molar-refractivity contribution in [3.63, 3.8) is 0 Å². The van der Waals surface area contributed by atoms with Gasteiger partial charge in [-0.25, -0.2) is 8.78 Å². The molecule has 0 spiro atoms. The van der Waals surface area contributed by atoms with Crippen LogP contribution in [0, 0.1) is 11.6 Å². The summed E-state index contributed by atoms with van der Waals surface area (Å²) in [5, 5.41) is 14.5. The number of phenols is 1. The van der Waals surface area contributed by atoms with Crippen molar-refractivity contribution in [2.75, 3.05) is 5.32 Å². The number of anilines is 1. The summed E-state index contributed by atoms with van der Waals surface area (Å²) < 4.78 is 27.2. The van der Waals surface area contributed by atoms with Crippen molar-refractivity contribution in [1.29, 1.82) is 0 Å². The maximum atomic E-state index is 13.6. The third kappa shape index (κ3) is 2.52. The Hall–Kier alpha value is -2.62. The topological polar surface area (TPSA) is 32.3 Å². The molecule has 106 valence electrons.